The zero-order valence-electron chi connectivity index (χ0n) is 11.6. The molecule has 0 amide bonds. The van der Waals surface area contributed by atoms with Gasteiger partial charge in [0.05, 0.1) is 4.47 Å². The summed E-state index contributed by atoms with van der Waals surface area (Å²) in [5.41, 5.74) is 0.902. The molecule has 1 aliphatic carbocycles. The molecule has 0 aromatic heterocycles. The van der Waals surface area contributed by atoms with Crippen LogP contribution in [-0.2, 0) is 0 Å². The SMILES string of the molecule is CCNCC1CCCCCC1c1cccc(Br)c1F. The Kier molecular flexibility index (Phi) is 5.83. The Morgan fingerprint density at radius 2 is 2.05 bits per heavy atom. The molecule has 0 saturated heterocycles. The van der Waals surface area contributed by atoms with Crippen LogP contribution in [0.1, 0.15) is 50.5 Å². The molecule has 0 spiro atoms. The molecule has 0 radical (unpaired) electrons. The van der Waals surface area contributed by atoms with Crippen molar-refractivity contribution in [1.82, 2.24) is 5.32 Å². The molecule has 3 heteroatoms. The molecule has 0 heterocycles. The van der Waals surface area contributed by atoms with Crippen molar-refractivity contribution in [2.24, 2.45) is 5.92 Å². The predicted octanol–water partition coefficient (Wildman–Crippen LogP) is 4.86. The van der Waals surface area contributed by atoms with Crippen LogP contribution in [0, 0.1) is 11.7 Å². The van der Waals surface area contributed by atoms with Crippen LogP contribution in [0.4, 0.5) is 4.39 Å². The zero-order valence-corrected chi connectivity index (χ0v) is 13.2. The van der Waals surface area contributed by atoms with E-state index in [0.717, 1.165) is 25.1 Å². The highest BCUT2D eigenvalue weighted by atomic mass is 79.9. The van der Waals surface area contributed by atoms with Gasteiger partial charge in [-0.25, -0.2) is 4.39 Å². The first-order valence-electron chi connectivity index (χ1n) is 7.38. The minimum absolute atomic E-state index is 0.0594. The van der Waals surface area contributed by atoms with Gasteiger partial charge in [-0.15, -0.1) is 0 Å². The van der Waals surface area contributed by atoms with Gasteiger partial charge in [-0.3, -0.25) is 0 Å². The van der Waals surface area contributed by atoms with Crippen LogP contribution in [-0.4, -0.2) is 13.1 Å². The molecule has 1 saturated carbocycles. The summed E-state index contributed by atoms with van der Waals surface area (Å²) in [5.74, 6) is 0.862. The molecule has 1 aromatic rings. The number of benzene rings is 1. The molecule has 2 unspecified atom stereocenters. The number of nitrogens with one attached hydrogen (secondary N) is 1. The summed E-state index contributed by atoms with van der Waals surface area (Å²) in [6, 6.07) is 5.71. The Bertz CT molecular complexity index is 408. The first-order chi connectivity index (χ1) is 9.24. The van der Waals surface area contributed by atoms with Gasteiger partial charge in [0.1, 0.15) is 5.82 Å². The molecule has 0 bridgehead atoms. The normalized spacial score (nSPS) is 24.2. The molecule has 19 heavy (non-hydrogen) atoms. The van der Waals surface area contributed by atoms with Gasteiger partial charge >= 0.3 is 0 Å². The van der Waals surface area contributed by atoms with E-state index in [-0.39, 0.29) is 5.82 Å². The second kappa shape index (κ2) is 7.39. The van der Waals surface area contributed by atoms with Crippen molar-refractivity contribution in [3.05, 3.63) is 34.1 Å². The highest BCUT2D eigenvalue weighted by molar-refractivity contribution is 9.10. The summed E-state index contributed by atoms with van der Waals surface area (Å²) in [6.45, 7) is 4.13. The first-order valence-corrected chi connectivity index (χ1v) is 8.18. The van der Waals surface area contributed by atoms with Crippen molar-refractivity contribution in [3.8, 4) is 0 Å². The van der Waals surface area contributed by atoms with Gasteiger partial charge in [-0.2, -0.15) is 0 Å². The summed E-state index contributed by atoms with van der Waals surface area (Å²) in [5, 5.41) is 3.45. The summed E-state index contributed by atoms with van der Waals surface area (Å²) in [6.07, 6.45) is 6.11. The van der Waals surface area contributed by atoms with E-state index in [1.54, 1.807) is 6.07 Å². The lowest BCUT2D eigenvalue weighted by molar-refractivity contribution is 0.369. The van der Waals surface area contributed by atoms with Crippen LogP contribution in [0.5, 0.6) is 0 Å². The molecule has 1 fully saturated rings. The van der Waals surface area contributed by atoms with Gasteiger partial charge in [0.2, 0.25) is 0 Å². The van der Waals surface area contributed by atoms with E-state index in [9.17, 15) is 4.39 Å². The molecular formula is C16H23BrFN. The largest absolute Gasteiger partial charge is 0.317 e. The lowest BCUT2D eigenvalue weighted by Crippen LogP contribution is -2.27. The van der Waals surface area contributed by atoms with Crippen LogP contribution in [0.2, 0.25) is 0 Å². The molecule has 1 nitrogen and oxygen atoms in total. The Labute approximate surface area is 124 Å². The molecule has 1 aromatic carbocycles. The fraction of sp³-hybridized carbons (Fsp3) is 0.625. The van der Waals surface area contributed by atoms with E-state index in [0.29, 0.717) is 16.3 Å². The van der Waals surface area contributed by atoms with Gasteiger partial charge in [-0.1, -0.05) is 38.3 Å². The number of hydrogen-bond acceptors (Lipinski definition) is 1. The Balaban J connectivity index is 2.23. The fourth-order valence-electron chi connectivity index (χ4n) is 3.17. The van der Waals surface area contributed by atoms with Gasteiger partial charge in [0, 0.05) is 0 Å². The molecule has 2 rings (SSSR count). The van der Waals surface area contributed by atoms with Crippen molar-refractivity contribution < 1.29 is 4.39 Å². The summed E-state index contributed by atoms with van der Waals surface area (Å²) in [7, 11) is 0. The summed E-state index contributed by atoms with van der Waals surface area (Å²) in [4.78, 5) is 0. The lowest BCUT2D eigenvalue weighted by Gasteiger charge is -2.26. The van der Waals surface area contributed by atoms with E-state index in [1.807, 2.05) is 12.1 Å². The van der Waals surface area contributed by atoms with Crippen molar-refractivity contribution in [1.29, 1.82) is 0 Å². The first kappa shape index (κ1) is 15.0. The fourth-order valence-corrected chi connectivity index (χ4v) is 3.56. The smallest absolute Gasteiger partial charge is 0.140 e. The van der Waals surface area contributed by atoms with Gasteiger partial charge in [0.25, 0.3) is 0 Å². The number of hydrogen-bond donors (Lipinski definition) is 1. The van der Waals surface area contributed by atoms with Crippen molar-refractivity contribution >= 4 is 15.9 Å². The topological polar surface area (TPSA) is 12.0 Å². The maximum absolute atomic E-state index is 14.3. The molecular weight excluding hydrogens is 305 g/mol. The maximum Gasteiger partial charge on any atom is 0.140 e. The third-order valence-electron chi connectivity index (χ3n) is 4.20. The highest BCUT2D eigenvalue weighted by Gasteiger charge is 2.27. The Morgan fingerprint density at radius 1 is 1.26 bits per heavy atom. The molecule has 1 aliphatic rings. The van der Waals surface area contributed by atoms with E-state index >= 15 is 0 Å². The van der Waals surface area contributed by atoms with Gasteiger partial charge in [-0.05, 0) is 65.3 Å². The van der Waals surface area contributed by atoms with Crippen LogP contribution >= 0.6 is 15.9 Å². The van der Waals surface area contributed by atoms with Gasteiger partial charge < -0.3 is 5.32 Å². The third kappa shape index (κ3) is 3.79. The van der Waals surface area contributed by atoms with Crippen LogP contribution < -0.4 is 5.32 Å². The monoisotopic (exact) mass is 327 g/mol. The lowest BCUT2D eigenvalue weighted by atomic mass is 9.82. The second-order valence-corrected chi connectivity index (χ2v) is 6.31. The predicted molar refractivity (Wildman–Crippen MR) is 82.0 cm³/mol. The van der Waals surface area contributed by atoms with Gasteiger partial charge in [0.15, 0.2) is 0 Å². The second-order valence-electron chi connectivity index (χ2n) is 5.46. The minimum atomic E-state index is -0.0594. The van der Waals surface area contributed by atoms with Crippen LogP contribution in [0.3, 0.4) is 0 Å². The number of halogens is 2. The molecule has 1 N–H and O–H groups in total. The maximum atomic E-state index is 14.3. The van der Waals surface area contributed by atoms with Crippen LogP contribution in [0.15, 0.2) is 22.7 Å². The van der Waals surface area contributed by atoms with E-state index in [4.69, 9.17) is 0 Å². The average molecular weight is 328 g/mol. The highest BCUT2D eigenvalue weighted by Crippen LogP contribution is 2.38. The van der Waals surface area contributed by atoms with E-state index in [2.05, 4.69) is 28.2 Å². The molecule has 106 valence electrons. The summed E-state index contributed by atoms with van der Waals surface area (Å²) >= 11 is 3.31. The Morgan fingerprint density at radius 3 is 2.84 bits per heavy atom. The Hall–Kier alpha value is -0.410. The number of rotatable bonds is 4. The van der Waals surface area contributed by atoms with Crippen molar-refractivity contribution in [3.63, 3.8) is 0 Å². The minimum Gasteiger partial charge on any atom is -0.317 e. The van der Waals surface area contributed by atoms with Crippen molar-refractivity contribution in [2.45, 2.75) is 44.9 Å². The third-order valence-corrected chi connectivity index (χ3v) is 4.81. The molecule has 0 aliphatic heterocycles. The average Bonchev–Trinajstić information content (AvgIpc) is 2.65. The molecule has 2 atom stereocenters. The quantitative estimate of drug-likeness (QED) is 0.778. The zero-order chi connectivity index (χ0) is 13.7. The van der Waals surface area contributed by atoms with E-state index in [1.165, 1.54) is 25.7 Å². The van der Waals surface area contributed by atoms with Crippen LogP contribution in [0.25, 0.3) is 0 Å². The van der Waals surface area contributed by atoms with E-state index < -0.39 is 0 Å². The summed E-state index contributed by atoms with van der Waals surface area (Å²) < 4.78 is 14.9. The standard InChI is InChI=1S/C16H23BrFN/c1-2-19-11-12-7-4-3-5-8-13(12)14-9-6-10-15(17)16(14)18/h6,9-10,12-13,19H,2-5,7-8,11H2,1H3. The van der Waals surface area contributed by atoms with Crippen molar-refractivity contribution in [2.75, 3.05) is 13.1 Å².